The molecule has 7 heteroatoms. The lowest BCUT2D eigenvalue weighted by molar-refractivity contribution is 0.0698. The van der Waals surface area contributed by atoms with Crippen LogP contribution in [0.15, 0.2) is 55.2 Å². The fourth-order valence-electron chi connectivity index (χ4n) is 3.44. The maximum absolute atomic E-state index is 12.7. The standard InChI is InChI=1S/C21H21N5O2/c1-15-4-2-6-17(12-15)28-20-19(24-9-10-25-20)16-5-3-11-26(14-16)21(27)18-13-22-7-8-23-18/h2,4,6-10,12-13,16H,3,5,11,14H2,1H3. The minimum absolute atomic E-state index is 0.0582. The molecule has 0 bridgehead atoms. The number of likely N-dealkylation sites (tertiary alicyclic amines) is 1. The number of aryl methyl sites for hydroxylation is 1. The highest BCUT2D eigenvalue weighted by Crippen LogP contribution is 2.33. The summed E-state index contributed by atoms with van der Waals surface area (Å²) in [6, 6.07) is 7.82. The third-order valence-electron chi connectivity index (χ3n) is 4.77. The second-order valence-electron chi connectivity index (χ2n) is 6.85. The first kappa shape index (κ1) is 18.0. The number of hydrogen-bond acceptors (Lipinski definition) is 6. The largest absolute Gasteiger partial charge is 0.437 e. The maximum atomic E-state index is 12.7. The lowest BCUT2D eigenvalue weighted by atomic mass is 9.94. The molecule has 1 aromatic carbocycles. The van der Waals surface area contributed by atoms with Gasteiger partial charge in [0.1, 0.15) is 17.1 Å². The Hall–Kier alpha value is -3.35. The van der Waals surface area contributed by atoms with Gasteiger partial charge in [0, 0.05) is 43.8 Å². The Bertz CT molecular complexity index is 964. The second kappa shape index (κ2) is 8.12. The van der Waals surface area contributed by atoms with Crippen molar-refractivity contribution >= 4 is 5.91 Å². The predicted octanol–water partition coefficient (Wildman–Crippen LogP) is 3.39. The Morgan fingerprint density at radius 3 is 2.82 bits per heavy atom. The first-order valence-corrected chi connectivity index (χ1v) is 9.31. The van der Waals surface area contributed by atoms with E-state index in [2.05, 4.69) is 19.9 Å². The fraction of sp³-hybridized carbons (Fsp3) is 0.286. The maximum Gasteiger partial charge on any atom is 0.274 e. The zero-order valence-electron chi connectivity index (χ0n) is 15.7. The van der Waals surface area contributed by atoms with E-state index in [0.29, 0.717) is 24.7 Å². The third-order valence-corrected chi connectivity index (χ3v) is 4.77. The molecule has 1 unspecified atom stereocenters. The molecule has 1 amide bonds. The molecule has 142 valence electrons. The highest BCUT2D eigenvalue weighted by atomic mass is 16.5. The molecule has 3 aromatic rings. The van der Waals surface area contributed by atoms with E-state index < -0.39 is 0 Å². The van der Waals surface area contributed by atoms with Gasteiger partial charge in [0.05, 0.1) is 6.20 Å². The summed E-state index contributed by atoms with van der Waals surface area (Å²) in [5.41, 5.74) is 2.25. The van der Waals surface area contributed by atoms with E-state index in [4.69, 9.17) is 4.74 Å². The molecule has 3 heterocycles. The topological polar surface area (TPSA) is 81.1 Å². The van der Waals surface area contributed by atoms with Crippen LogP contribution >= 0.6 is 0 Å². The number of benzene rings is 1. The van der Waals surface area contributed by atoms with Crippen LogP contribution in [0.3, 0.4) is 0 Å². The Labute approximate surface area is 163 Å². The molecule has 0 saturated carbocycles. The van der Waals surface area contributed by atoms with Crippen LogP contribution < -0.4 is 4.74 Å². The van der Waals surface area contributed by atoms with Crippen molar-refractivity contribution in [2.24, 2.45) is 0 Å². The molecular weight excluding hydrogens is 354 g/mol. The molecule has 0 spiro atoms. The van der Waals surface area contributed by atoms with Crippen molar-refractivity contribution in [3.8, 4) is 11.6 Å². The molecule has 4 rings (SSSR count). The quantitative estimate of drug-likeness (QED) is 0.695. The van der Waals surface area contributed by atoms with Crippen LogP contribution in [0.2, 0.25) is 0 Å². The van der Waals surface area contributed by atoms with E-state index in [0.717, 1.165) is 29.8 Å². The van der Waals surface area contributed by atoms with Gasteiger partial charge in [-0.25, -0.2) is 9.97 Å². The SMILES string of the molecule is Cc1cccc(Oc2nccnc2C2CCCN(C(=O)c3cnccn3)C2)c1. The van der Waals surface area contributed by atoms with Gasteiger partial charge in [-0.3, -0.25) is 14.8 Å². The van der Waals surface area contributed by atoms with Crippen LogP contribution in [0.4, 0.5) is 0 Å². The first-order chi connectivity index (χ1) is 13.7. The van der Waals surface area contributed by atoms with Crippen LogP contribution in [0.25, 0.3) is 0 Å². The minimum atomic E-state index is -0.108. The Kier molecular flexibility index (Phi) is 5.23. The van der Waals surface area contributed by atoms with Gasteiger partial charge < -0.3 is 9.64 Å². The molecule has 28 heavy (non-hydrogen) atoms. The van der Waals surface area contributed by atoms with E-state index in [1.165, 1.54) is 12.4 Å². The van der Waals surface area contributed by atoms with Crippen LogP contribution in [0, 0.1) is 6.92 Å². The number of hydrogen-bond donors (Lipinski definition) is 0. The predicted molar refractivity (Wildman–Crippen MR) is 103 cm³/mol. The highest BCUT2D eigenvalue weighted by Gasteiger charge is 2.29. The van der Waals surface area contributed by atoms with E-state index >= 15 is 0 Å². The molecular formula is C21H21N5O2. The molecule has 0 radical (unpaired) electrons. The van der Waals surface area contributed by atoms with Crippen LogP contribution in [0.1, 0.15) is 40.5 Å². The summed E-state index contributed by atoms with van der Waals surface area (Å²) < 4.78 is 6.02. The minimum Gasteiger partial charge on any atom is -0.437 e. The van der Waals surface area contributed by atoms with Crippen molar-refractivity contribution in [1.82, 2.24) is 24.8 Å². The van der Waals surface area contributed by atoms with Crippen LogP contribution in [-0.2, 0) is 0 Å². The van der Waals surface area contributed by atoms with Crippen molar-refractivity contribution < 1.29 is 9.53 Å². The number of piperidine rings is 1. The monoisotopic (exact) mass is 375 g/mol. The number of ether oxygens (including phenoxy) is 1. The summed E-state index contributed by atoms with van der Waals surface area (Å²) in [5, 5.41) is 0. The summed E-state index contributed by atoms with van der Waals surface area (Å²) in [5.74, 6) is 1.17. The molecule has 0 aliphatic carbocycles. The fourth-order valence-corrected chi connectivity index (χ4v) is 3.44. The summed E-state index contributed by atoms with van der Waals surface area (Å²) in [6.45, 7) is 3.26. The number of amides is 1. The molecule has 1 aliphatic heterocycles. The average molecular weight is 375 g/mol. The van der Waals surface area contributed by atoms with Gasteiger partial charge >= 0.3 is 0 Å². The third kappa shape index (κ3) is 3.98. The lowest BCUT2D eigenvalue weighted by Crippen LogP contribution is -2.39. The number of carbonyl (C=O) groups is 1. The van der Waals surface area contributed by atoms with Gasteiger partial charge in [0.25, 0.3) is 5.91 Å². The second-order valence-corrected chi connectivity index (χ2v) is 6.85. The number of nitrogens with zero attached hydrogens (tertiary/aromatic N) is 5. The van der Waals surface area contributed by atoms with Gasteiger partial charge in [-0.1, -0.05) is 12.1 Å². The smallest absolute Gasteiger partial charge is 0.274 e. The molecule has 1 aliphatic rings. The van der Waals surface area contributed by atoms with Crippen molar-refractivity contribution in [2.75, 3.05) is 13.1 Å². The number of carbonyl (C=O) groups excluding carboxylic acids is 1. The summed E-state index contributed by atoms with van der Waals surface area (Å²) >= 11 is 0. The van der Waals surface area contributed by atoms with Crippen molar-refractivity contribution in [3.05, 3.63) is 72.2 Å². The highest BCUT2D eigenvalue weighted by molar-refractivity contribution is 5.92. The van der Waals surface area contributed by atoms with E-state index in [1.54, 1.807) is 18.6 Å². The summed E-state index contributed by atoms with van der Waals surface area (Å²) in [4.78, 5) is 31.6. The Morgan fingerprint density at radius 2 is 2.00 bits per heavy atom. The Balaban J connectivity index is 1.55. The summed E-state index contributed by atoms with van der Waals surface area (Å²) in [6.07, 6.45) is 9.70. The van der Waals surface area contributed by atoms with Gasteiger partial charge in [0.2, 0.25) is 5.88 Å². The molecule has 7 nitrogen and oxygen atoms in total. The average Bonchev–Trinajstić information content (AvgIpc) is 2.74. The molecule has 1 fully saturated rings. The summed E-state index contributed by atoms with van der Waals surface area (Å²) in [7, 11) is 0. The molecule has 0 N–H and O–H groups in total. The van der Waals surface area contributed by atoms with Gasteiger partial charge in [-0.2, -0.15) is 0 Å². The number of rotatable bonds is 4. The zero-order chi connectivity index (χ0) is 19.3. The van der Waals surface area contributed by atoms with E-state index in [-0.39, 0.29) is 11.8 Å². The van der Waals surface area contributed by atoms with Crippen molar-refractivity contribution in [3.63, 3.8) is 0 Å². The normalized spacial score (nSPS) is 16.6. The molecule has 1 saturated heterocycles. The van der Waals surface area contributed by atoms with E-state index in [9.17, 15) is 4.79 Å². The lowest BCUT2D eigenvalue weighted by Gasteiger charge is -2.32. The molecule has 2 aromatic heterocycles. The van der Waals surface area contributed by atoms with Gasteiger partial charge in [-0.05, 0) is 37.5 Å². The molecule has 1 atom stereocenters. The van der Waals surface area contributed by atoms with Crippen molar-refractivity contribution in [2.45, 2.75) is 25.7 Å². The van der Waals surface area contributed by atoms with Crippen LogP contribution in [-0.4, -0.2) is 43.8 Å². The zero-order valence-corrected chi connectivity index (χ0v) is 15.7. The van der Waals surface area contributed by atoms with Crippen molar-refractivity contribution in [1.29, 1.82) is 0 Å². The number of aromatic nitrogens is 4. The Morgan fingerprint density at radius 1 is 1.14 bits per heavy atom. The van der Waals surface area contributed by atoms with Crippen LogP contribution in [0.5, 0.6) is 11.6 Å². The first-order valence-electron chi connectivity index (χ1n) is 9.31. The van der Waals surface area contributed by atoms with Gasteiger partial charge in [0.15, 0.2) is 0 Å². The van der Waals surface area contributed by atoms with E-state index in [1.807, 2.05) is 36.1 Å². The van der Waals surface area contributed by atoms with Gasteiger partial charge in [-0.15, -0.1) is 0 Å².